The Morgan fingerprint density at radius 2 is 1.80 bits per heavy atom. The SMILES string of the molecule is NS(=O)(=O)c1ccc(CC(Cl)c2ccccc2)c(F)c1. The van der Waals surface area contributed by atoms with Gasteiger partial charge < -0.3 is 0 Å². The monoisotopic (exact) mass is 313 g/mol. The van der Waals surface area contributed by atoms with E-state index in [0.717, 1.165) is 11.6 Å². The Labute approximate surface area is 122 Å². The largest absolute Gasteiger partial charge is 0.238 e. The molecular weight excluding hydrogens is 301 g/mol. The number of hydrogen-bond acceptors (Lipinski definition) is 2. The molecular formula is C14H13ClFNO2S. The molecule has 2 N–H and O–H groups in total. The molecule has 0 saturated heterocycles. The number of halogens is 2. The van der Waals surface area contributed by atoms with Crippen molar-refractivity contribution in [2.45, 2.75) is 16.7 Å². The van der Waals surface area contributed by atoms with Gasteiger partial charge in [0.2, 0.25) is 10.0 Å². The molecule has 0 aliphatic rings. The molecule has 0 radical (unpaired) electrons. The van der Waals surface area contributed by atoms with Crippen LogP contribution in [0.5, 0.6) is 0 Å². The summed E-state index contributed by atoms with van der Waals surface area (Å²) in [6.07, 6.45) is 0.266. The minimum absolute atomic E-state index is 0.246. The molecule has 0 heterocycles. The molecule has 2 aromatic carbocycles. The Balaban J connectivity index is 2.23. The number of sulfonamides is 1. The van der Waals surface area contributed by atoms with Crippen molar-refractivity contribution in [3.63, 3.8) is 0 Å². The van der Waals surface area contributed by atoms with Crippen molar-refractivity contribution in [1.82, 2.24) is 0 Å². The highest BCUT2D eigenvalue weighted by atomic mass is 35.5. The fourth-order valence-corrected chi connectivity index (χ4v) is 2.68. The average molecular weight is 314 g/mol. The van der Waals surface area contributed by atoms with Gasteiger partial charge in [0, 0.05) is 0 Å². The Morgan fingerprint density at radius 3 is 2.35 bits per heavy atom. The van der Waals surface area contributed by atoms with Crippen molar-refractivity contribution in [3.05, 3.63) is 65.5 Å². The number of hydrogen-bond donors (Lipinski definition) is 1. The Morgan fingerprint density at radius 1 is 1.15 bits per heavy atom. The molecule has 0 spiro atoms. The summed E-state index contributed by atoms with van der Waals surface area (Å²) in [5, 5.41) is 4.56. The van der Waals surface area contributed by atoms with Gasteiger partial charge in [0.1, 0.15) is 5.82 Å². The zero-order chi connectivity index (χ0) is 14.8. The van der Waals surface area contributed by atoms with Gasteiger partial charge in [-0.15, -0.1) is 11.6 Å². The van der Waals surface area contributed by atoms with Crippen LogP contribution in [-0.4, -0.2) is 8.42 Å². The van der Waals surface area contributed by atoms with E-state index in [-0.39, 0.29) is 16.7 Å². The molecule has 0 aromatic heterocycles. The van der Waals surface area contributed by atoms with Crippen molar-refractivity contribution in [1.29, 1.82) is 0 Å². The van der Waals surface area contributed by atoms with Gasteiger partial charge in [0.15, 0.2) is 0 Å². The molecule has 0 aliphatic carbocycles. The first-order chi connectivity index (χ1) is 9.38. The standard InChI is InChI=1S/C14H13ClFNO2S/c15-13(10-4-2-1-3-5-10)8-11-6-7-12(9-14(11)16)20(17,18)19/h1-7,9,13H,8H2,(H2,17,18,19). The molecule has 0 fully saturated rings. The van der Waals surface area contributed by atoms with Gasteiger partial charge in [0.25, 0.3) is 0 Å². The minimum Gasteiger partial charge on any atom is -0.225 e. The van der Waals surface area contributed by atoms with E-state index in [1.165, 1.54) is 12.1 Å². The number of alkyl halides is 1. The van der Waals surface area contributed by atoms with Crippen LogP contribution in [0.25, 0.3) is 0 Å². The summed E-state index contributed by atoms with van der Waals surface area (Å²) in [7, 11) is -3.90. The van der Waals surface area contributed by atoms with Crippen LogP contribution in [0.15, 0.2) is 53.4 Å². The van der Waals surface area contributed by atoms with Gasteiger partial charge in [-0.05, 0) is 29.7 Å². The molecule has 2 aromatic rings. The van der Waals surface area contributed by atoms with Gasteiger partial charge in [-0.25, -0.2) is 17.9 Å². The highest BCUT2D eigenvalue weighted by Crippen LogP contribution is 2.26. The van der Waals surface area contributed by atoms with Gasteiger partial charge in [0.05, 0.1) is 10.3 Å². The van der Waals surface area contributed by atoms with Gasteiger partial charge in [-0.1, -0.05) is 36.4 Å². The lowest BCUT2D eigenvalue weighted by atomic mass is 10.0. The van der Waals surface area contributed by atoms with Crippen LogP contribution in [0, 0.1) is 5.82 Å². The molecule has 20 heavy (non-hydrogen) atoms. The topological polar surface area (TPSA) is 60.2 Å². The maximum atomic E-state index is 13.9. The quantitative estimate of drug-likeness (QED) is 0.882. The summed E-state index contributed by atoms with van der Waals surface area (Å²) in [4.78, 5) is -0.246. The smallest absolute Gasteiger partial charge is 0.225 e. The number of benzene rings is 2. The van der Waals surface area contributed by atoms with Crippen LogP contribution >= 0.6 is 11.6 Å². The maximum absolute atomic E-state index is 13.9. The first-order valence-electron chi connectivity index (χ1n) is 5.88. The van der Waals surface area contributed by atoms with E-state index in [9.17, 15) is 12.8 Å². The van der Waals surface area contributed by atoms with Crippen LogP contribution in [-0.2, 0) is 16.4 Å². The summed E-state index contributed by atoms with van der Waals surface area (Å²) in [6.45, 7) is 0. The van der Waals surface area contributed by atoms with E-state index >= 15 is 0 Å². The lowest BCUT2D eigenvalue weighted by Gasteiger charge is -2.11. The van der Waals surface area contributed by atoms with Crippen molar-refractivity contribution < 1.29 is 12.8 Å². The molecule has 106 valence electrons. The molecule has 1 atom stereocenters. The van der Waals surface area contributed by atoms with Gasteiger partial charge in [-0.3, -0.25) is 0 Å². The van der Waals surface area contributed by atoms with Crippen molar-refractivity contribution in [2.24, 2.45) is 5.14 Å². The normalized spacial score (nSPS) is 13.2. The zero-order valence-electron chi connectivity index (χ0n) is 10.5. The third kappa shape index (κ3) is 3.56. The third-order valence-corrected chi connectivity index (χ3v) is 4.23. The first-order valence-corrected chi connectivity index (χ1v) is 7.86. The molecule has 1 unspecified atom stereocenters. The summed E-state index contributed by atoms with van der Waals surface area (Å²) in [5.74, 6) is -0.627. The zero-order valence-corrected chi connectivity index (χ0v) is 12.0. The van der Waals surface area contributed by atoms with Gasteiger partial charge in [-0.2, -0.15) is 0 Å². The average Bonchev–Trinajstić information content (AvgIpc) is 2.41. The predicted molar refractivity (Wildman–Crippen MR) is 76.5 cm³/mol. The van der Waals surface area contributed by atoms with Crippen molar-refractivity contribution in [3.8, 4) is 0 Å². The molecule has 2 rings (SSSR count). The van der Waals surface area contributed by atoms with E-state index < -0.39 is 15.8 Å². The van der Waals surface area contributed by atoms with Crippen LogP contribution in [0.3, 0.4) is 0 Å². The molecule has 0 amide bonds. The van der Waals surface area contributed by atoms with E-state index in [1.807, 2.05) is 30.3 Å². The van der Waals surface area contributed by atoms with Crippen LogP contribution in [0.2, 0.25) is 0 Å². The van der Waals surface area contributed by atoms with Crippen LogP contribution in [0.4, 0.5) is 4.39 Å². The Bertz CT molecular complexity index is 704. The molecule has 3 nitrogen and oxygen atoms in total. The Kier molecular flexibility index (Phi) is 4.42. The second-order valence-electron chi connectivity index (χ2n) is 4.38. The van der Waals surface area contributed by atoms with E-state index in [0.29, 0.717) is 5.56 Å². The first kappa shape index (κ1) is 15.0. The van der Waals surface area contributed by atoms with Crippen LogP contribution in [0.1, 0.15) is 16.5 Å². The second kappa shape index (κ2) is 5.91. The second-order valence-corrected chi connectivity index (χ2v) is 6.47. The van der Waals surface area contributed by atoms with Crippen molar-refractivity contribution in [2.75, 3.05) is 0 Å². The highest BCUT2D eigenvalue weighted by molar-refractivity contribution is 7.89. The number of primary sulfonamides is 1. The van der Waals surface area contributed by atoms with Crippen molar-refractivity contribution >= 4 is 21.6 Å². The van der Waals surface area contributed by atoms with E-state index in [4.69, 9.17) is 16.7 Å². The number of rotatable bonds is 4. The lowest BCUT2D eigenvalue weighted by molar-refractivity contribution is 0.587. The highest BCUT2D eigenvalue weighted by Gasteiger charge is 2.15. The fraction of sp³-hybridized carbons (Fsp3) is 0.143. The van der Waals surface area contributed by atoms with E-state index in [2.05, 4.69) is 0 Å². The molecule has 6 heteroatoms. The molecule has 0 aliphatic heterocycles. The fourth-order valence-electron chi connectivity index (χ4n) is 1.84. The third-order valence-electron chi connectivity index (χ3n) is 2.91. The predicted octanol–water partition coefficient (Wildman–Crippen LogP) is 3.00. The van der Waals surface area contributed by atoms with E-state index in [1.54, 1.807) is 0 Å². The summed E-state index contributed by atoms with van der Waals surface area (Å²) in [6, 6.07) is 12.9. The summed E-state index contributed by atoms with van der Waals surface area (Å²) < 4.78 is 36.1. The summed E-state index contributed by atoms with van der Waals surface area (Å²) in [5.41, 5.74) is 1.23. The Hall–Kier alpha value is -1.43. The molecule has 0 bridgehead atoms. The molecule has 0 saturated carbocycles. The number of nitrogens with two attached hydrogens (primary N) is 1. The van der Waals surface area contributed by atoms with Gasteiger partial charge >= 0.3 is 0 Å². The minimum atomic E-state index is -3.90. The lowest BCUT2D eigenvalue weighted by Crippen LogP contribution is -2.12. The van der Waals surface area contributed by atoms with Crippen LogP contribution < -0.4 is 5.14 Å². The maximum Gasteiger partial charge on any atom is 0.238 e. The summed E-state index contributed by atoms with van der Waals surface area (Å²) >= 11 is 6.23.